The van der Waals surface area contributed by atoms with Crippen molar-refractivity contribution >= 4 is 55.6 Å². The Morgan fingerprint density at radius 3 is 2.06 bits per heavy atom. The minimum absolute atomic E-state index is 0.0362. The lowest BCUT2D eigenvalue weighted by Crippen LogP contribution is -2.20. The summed E-state index contributed by atoms with van der Waals surface area (Å²) in [6, 6.07) is 60.8. The van der Waals surface area contributed by atoms with Crippen molar-refractivity contribution in [2.75, 3.05) is 0 Å². The maximum Gasteiger partial charge on any atom is 0.172 e. The number of benzene rings is 8. The van der Waals surface area contributed by atoms with E-state index in [2.05, 4.69) is 152 Å². The topological polar surface area (TPSA) is 22.0 Å². The molecule has 0 fully saturated rings. The number of hydrogen-bond acceptors (Lipinski definition) is 1. The Bertz CT molecular complexity index is 3020. The smallest absolute Gasteiger partial charge is 0.172 e. The van der Waals surface area contributed by atoms with Crippen LogP contribution in [0.5, 0.6) is 0 Å². The summed E-state index contributed by atoms with van der Waals surface area (Å²) in [7, 11) is -3.08. The summed E-state index contributed by atoms with van der Waals surface area (Å²) in [4.78, 5) is 0. The third-order valence-electron chi connectivity index (χ3n) is 11.8. The van der Waals surface area contributed by atoms with Crippen LogP contribution in [-0.4, -0.2) is 4.57 Å². The maximum absolute atomic E-state index is 15.4. The quantitative estimate of drug-likeness (QED) is 0.170. The Hall–Kier alpha value is -5.95. The van der Waals surface area contributed by atoms with Gasteiger partial charge in [0.1, 0.15) is 0 Å². The molecule has 1 unspecified atom stereocenters. The Balaban J connectivity index is 1.09. The molecule has 0 amide bonds. The third kappa shape index (κ3) is 3.88. The van der Waals surface area contributed by atoms with Crippen LogP contribution in [0.3, 0.4) is 0 Å². The van der Waals surface area contributed by atoms with Gasteiger partial charge in [0.2, 0.25) is 0 Å². The summed E-state index contributed by atoms with van der Waals surface area (Å²) in [6.45, 7) is 4.68. The van der Waals surface area contributed by atoms with E-state index in [0.29, 0.717) is 0 Å². The van der Waals surface area contributed by atoms with Crippen LogP contribution >= 0.6 is 7.14 Å². The molecule has 0 spiro atoms. The molecule has 0 bridgehead atoms. The van der Waals surface area contributed by atoms with Gasteiger partial charge in [-0.15, -0.1) is 0 Å². The largest absolute Gasteiger partial charge is 0.309 e. The lowest BCUT2D eigenvalue weighted by molar-refractivity contribution is 0.593. The molecule has 1 aliphatic heterocycles. The molecule has 3 heteroatoms. The number of hydrogen-bond donors (Lipinski definition) is 0. The van der Waals surface area contributed by atoms with Gasteiger partial charge in [-0.2, -0.15) is 0 Å². The molecule has 0 saturated heterocycles. The summed E-state index contributed by atoms with van der Waals surface area (Å²) >= 11 is 0. The fraction of sp³-hybridized carbons (Fsp3) is 0.0612. The average molecular weight is 684 g/mol. The molecule has 0 N–H and O–H groups in total. The van der Waals surface area contributed by atoms with Crippen LogP contribution < -0.4 is 15.9 Å². The van der Waals surface area contributed by atoms with Crippen LogP contribution in [-0.2, 0) is 9.98 Å². The second kappa shape index (κ2) is 10.5. The molecule has 9 aromatic rings. The number of rotatable bonds is 3. The summed E-state index contributed by atoms with van der Waals surface area (Å²) in [5.41, 5.74) is 13.4. The fourth-order valence-electron chi connectivity index (χ4n) is 9.28. The third-order valence-corrected chi connectivity index (χ3v) is 14.9. The van der Waals surface area contributed by atoms with E-state index in [1.807, 2.05) is 36.4 Å². The van der Waals surface area contributed by atoms with Crippen molar-refractivity contribution in [3.63, 3.8) is 0 Å². The van der Waals surface area contributed by atoms with Crippen LogP contribution in [0.2, 0.25) is 0 Å². The SMILES string of the molecule is CC1(C)c2ccccc2-c2ccc(-c3ccc4cc(-n5c6ccccc6c6ccc7c(c65)-c5ccccc5P7(=O)c5ccccc5)ccc4c3)cc21. The molecule has 1 aliphatic carbocycles. The summed E-state index contributed by atoms with van der Waals surface area (Å²) in [5.74, 6) is 0. The zero-order valence-corrected chi connectivity index (χ0v) is 29.9. The first kappa shape index (κ1) is 29.7. The van der Waals surface area contributed by atoms with Crippen molar-refractivity contribution in [3.8, 4) is 39.1 Å². The van der Waals surface area contributed by atoms with Gasteiger partial charge in [0, 0.05) is 43.4 Å². The lowest BCUT2D eigenvalue weighted by atomic mass is 9.81. The first-order valence-electron chi connectivity index (χ1n) is 18.0. The van der Waals surface area contributed by atoms with Gasteiger partial charge in [-0.05, 0) is 86.1 Å². The van der Waals surface area contributed by atoms with Gasteiger partial charge in [0.15, 0.2) is 7.14 Å². The summed E-state index contributed by atoms with van der Waals surface area (Å²) < 4.78 is 17.8. The van der Waals surface area contributed by atoms with Crippen molar-refractivity contribution in [1.29, 1.82) is 0 Å². The minimum atomic E-state index is -3.08. The molecule has 8 aromatic carbocycles. The Kier molecular flexibility index (Phi) is 6.03. The molecule has 246 valence electrons. The zero-order valence-electron chi connectivity index (χ0n) is 29.0. The second-order valence-electron chi connectivity index (χ2n) is 14.8. The van der Waals surface area contributed by atoms with Gasteiger partial charge in [-0.1, -0.05) is 147 Å². The summed E-state index contributed by atoms with van der Waals surface area (Å²) in [5, 5.41) is 7.46. The fourth-order valence-corrected chi connectivity index (χ4v) is 12.3. The van der Waals surface area contributed by atoms with Crippen molar-refractivity contribution in [2.24, 2.45) is 0 Å². The van der Waals surface area contributed by atoms with Crippen LogP contribution in [0.1, 0.15) is 25.0 Å². The first-order chi connectivity index (χ1) is 25.4. The molecule has 0 radical (unpaired) electrons. The minimum Gasteiger partial charge on any atom is -0.309 e. The number of fused-ring (bicyclic) bond motifs is 11. The predicted octanol–water partition coefficient (Wildman–Crippen LogP) is 11.5. The normalized spacial score (nSPS) is 16.6. The van der Waals surface area contributed by atoms with Crippen LogP contribution in [0.15, 0.2) is 170 Å². The van der Waals surface area contributed by atoms with Gasteiger partial charge in [-0.3, -0.25) is 0 Å². The molecule has 2 nitrogen and oxygen atoms in total. The number of para-hydroxylation sites is 1. The first-order valence-corrected chi connectivity index (χ1v) is 19.7. The maximum atomic E-state index is 15.4. The number of aromatic nitrogens is 1. The number of nitrogens with zero attached hydrogens (tertiary/aromatic N) is 1. The van der Waals surface area contributed by atoms with E-state index < -0.39 is 7.14 Å². The van der Waals surface area contributed by atoms with Crippen molar-refractivity contribution < 1.29 is 4.57 Å². The van der Waals surface area contributed by atoms with E-state index >= 15 is 4.57 Å². The van der Waals surface area contributed by atoms with Crippen LogP contribution in [0, 0.1) is 0 Å². The highest BCUT2D eigenvalue weighted by Crippen LogP contribution is 2.55. The van der Waals surface area contributed by atoms with Gasteiger partial charge < -0.3 is 9.13 Å². The monoisotopic (exact) mass is 683 g/mol. The van der Waals surface area contributed by atoms with E-state index in [1.165, 1.54) is 54.9 Å². The van der Waals surface area contributed by atoms with Crippen LogP contribution in [0.4, 0.5) is 0 Å². The van der Waals surface area contributed by atoms with Gasteiger partial charge in [0.05, 0.1) is 11.0 Å². The van der Waals surface area contributed by atoms with E-state index in [0.717, 1.165) is 43.8 Å². The van der Waals surface area contributed by atoms with E-state index in [4.69, 9.17) is 0 Å². The Morgan fingerprint density at radius 2 is 1.17 bits per heavy atom. The van der Waals surface area contributed by atoms with Gasteiger partial charge in [0.25, 0.3) is 0 Å². The van der Waals surface area contributed by atoms with Crippen molar-refractivity contribution in [2.45, 2.75) is 19.3 Å². The Morgan fingerprint density at radius 1 is 0.500 bits per heavy atom. The second-order valence-corrected chi connectivity index (χ2v) is 17.5. The molecule has 11 rings (SSSR count). The molecular formula is C49H34NOP. The molecule has 1 atom stereocenters. The van der Waals surface area contributed by atoms with Gasteiger partial charge in [-0.25, -0.2) is 0 Å². The van der Waals surface area contributed by atoms with E-state index in [-0.39, 0.29) is 5.41 Å². The van der Waals surface area contributed by atoms with Crippen LogP contribution in [0.25, 0.3) is 71.6 Å². The molecule has 2 aliphatic rings. The molecule has 1 aromatic heterocycles. The highest BCUT2D eigenvalue weighted by Gasteiger charge is 2.42. The highest BCUT2D eigenvalue weighted by molar-refractivity contribution is 7.86. The molecule has 52 heavy (non-hydrogen) atoms. The predicted molar refractivity (Wildman–Crippen MR) is 220 cm³/mol. The zero-order chi connectivity index (χ0) is 34.8. The van der Waals surface area contributed by atoms with Crippen molar-refractivity contribution in [3.05, 3.63) is 181 Å². The molecule has 0 saturated carbocycles. The van der Waals surface area contributed by atoms with Gasteiger partial charge >= 0.3 is 0 Å². The van der Waals surface area contributed by atoms with E-state index in [9.17, 15) is 0 Å². The van der Waals surface area contributed by atoms with E-state index in [1.54, 1.807) is 0 Å². The van der Waals surface area contributed by atoms with Crippen molar-refractivity contribution in [1.82, 2.24) is 4.57 Å². The molecule has 2 heterocycles. The molecular weight excluding hydrogens is 650 g/mol. The highest BCUT2D eigenvalue weighted by atomic mass is 31.2. The lowest BCUT2D eigenvalue weighted by Gasteiger charge is -2.22. The summed E-state index contributed by atoms with van der Waals surface area (Å²) in [6.07, 6.45) is 0. The Labute approximate surface area is 303 Å². The average Bonchev–Trinajstić information content (AvgIpc) is 3.76. The standard InChI is InChI=1S/C49H34NOP/c1-49(2)42-17-9-6-14-37(42)38-25-23-34(30-43(38)49)31-20-21-33-29-35(24-22-32(33)28-31)50-44-18-10-7-15-39(44)40-26-27-46-47(48(40)50)41-16-8-11-19-45(41)52(46,51)36-12-4-3-5-13-36/h3-30H,1-2H3.